The molecular weight excluding hydrogens is 376 g/mol. The van der Waals surface area contributed by atoms with E-state index in [1.165, 1.54) is 19.4 Å². The summed E-state index contributed by atoms with van der Waals surface area (Å²) >= 11 is 0. The van der Waals surface area contributed by atoms with Crippen LogP contribution in [0.4, 0.5) is 11.4 Å². The van der Waals surface area contributed by atoms with Crippen LogP contribution in [0.15, 0.2) is 39.7 Å². The van der Waals surface area contributed by atoms with Crippen LogP contribution in [0.25, 0.3) is 11.0 Å². The van der Waals surface area contributed by atoms with Gasteiger partial charge < -0.3 is 14.3 Å². The van der Waals surface area contributed by atoms with E-state index in [0.29, 0.717) is 16.7 Å². The number of benzene rings is 2. The third kappa shape index (κ3) is 3.22. The molecule has 0 aliphatic heterocycles. The molecule has 0 bridgehead atoms. The van der Waals surface area contributed by atoms with Crippen LogP contribution in [-0.4, -0.2) is 29.3 Å². The van der Waals surface area contributed by atoms with Gasteiger partial charge >= 0.3 is 11.7 Å². The van der Waals surface area contributed by atoms with Gasteiger partial charge in [-0.3, -0.25) is 15.1 Å². The normalized spacial score (nSPS) is 13.6. The van der Waals surface area contributed by atoms with Gasteiger partial charge in [0.25, 0.3) is 0 Å². The van der Waals surface area contributed by atoms with E-state index in [9.17, 15) is 20.0 Å². The number of hydrogen-bond acceptors (Lipinski definition) is 7. The minimum atomic E-state index is -0.657. The van der Waals surface area contributed by atoms with Gasteiger partial charge in [0.2, 0.25) is 5.75 Å². The predicted molar refractivity (Wildman–Crippen MR) is 106 cm³/mol. The Morgan fingerprint density at radius 3 is 2.83 bits per heavy atom. The molecule has 29 heavy (non-hydrogen) atoms. The highest BCUT2D eigenvalue weighted by molar-refractivity contribution is 6.06. The lowest BCUT2D eigenvalue weighted by Gasteiger charge is -2.10. The van der Waals surface area contributed by atoms with E-state index in [0.717, 1.165) is 37.0 Å². The van der Waals surface area contributed by atoms with Crippen molar-refractivity contribution < 1.29 is 24.0 Å². The Morgan fingerprint density at radius 2 is 2.07 bits per heavy atom. The zero-order chi connectivity index (χ0) is 20.5. The van der Waals surface area contributed by atoms with Crippen LogP contribution in [0.2, 0.25) is 0 Å². The lowest BCUT2D eigenvalue weighted by atomic mass is 9.93. The number of para-hydroxylation sites is 1. The van der Waals surface area contributed by atoms with Crippen LogP contribution in [0.1, 0.15) is 40.1 Å². The number of methoxy groups -OCH3 is 1. The van der Waals surface area contributed by atoms with Gasteiger partial charge in [0, 0.05) is 23.6 Å². The molecule has 0 fully saturated rings. The number of aromatic hydroxyl groups is 1. The van der Waals surface area contributed by atoms with Gasteiger partial charge in [-0.1, -0.05) is 12.1 Å². The maximum Gasteiger partial charge on any atom is 0.340 e. The van der Waals surface area contributed by atoms with Crippen molar-refractivity contribution in [2.75, 3.05) is 7.11 Å². The third-order valence-corrected chi connectivity index (χ3v) is 5.07. The second kappa shape index (κ2) is 7.38. The molecule has 0 saturated carbocycles. The lowest BCUT2D eigenvalue weighted by molar-refractivity contribution is -0.385. The van der Waals surface area contributed by atoms with Crippen molar-refractivity contribution in [2.45, 2.75) is 25.7 Å². The molecule has 0 spiro atoms. The first-order chi connectivity index (χ1) is 14.0. The largest absolute Gasteiger partial charge is 0.502 e. The molecule has 1 aromatic heterocycles. The fraction of sp³-hybridized carbons (Fsp3) is 0.238. The average Bonchev–Trinajstić information content (AvgIpc) is 3.10. The van der Waals surface area contributed by atoms with Crippen LogP contribution in [0.5, 0.6) is 5.75 Å². The van der Waals surface area contributed by atoms with E-state index >= 15 is 0 Å². The van der Waals surface area contributed by atoms with E-state index in [4.69, 9.17) is 9.15 Å². The molecule has 3 aromatic rings. The summed E-state index contributed by atoms with van der Waals surface area (Å²) in [5.74, 6) is -0.237. The average molecular weight is 394 g/mol. The Morgan fingerprint density at radius 1 is 1.31 bits per heavy atom. The standard InChI is InChI=1S/C21H18N2O6/c1-28-21(25)12-6-2-4-8-15(12)22-11-14-19-13-7-3-5-9-17(13)29-18(19)10-16(20(14)24)23(26)27/h2,4,6,8,10-11,24H,3,5,7,9H2,1H3. The summed E-state index contributed by atoms with van der Waals surface area (Å²) in [6, 6.07) is 7.84. The number of phenolic OH excluding ortho intramolecular Hbond substituents is 1. The van der Waals surface area contributed by atoms with Gasteiger partial charge in [0.15, 0.2) is 0 Å². The predicted octanol–water partition coefficient (Wildman–Crippen LogP) is 4.46. The number of rotatable bonds is 4. The van der Waals surface area contributed by atoms with Gasteiger partial charge in [0.1, 0.15) is 11.3 Å². The molecule has 1 aliphatic carbocycles. The molecule has 1 N–H and O–H groups in total. The number of fused-ring (bicyclic) bond motifs is 3. The quantitative estimate of drug-likeness (QED) is 0.302. The van der Waals surface area contributed by atoms with Gasteiger partial charge in [-0.15, -0.1) is 0 Å². The summed E-state index contributed by atoms with van der Waals surface area (Å²) in [4.78, 5) is 27.1. The summed E-state index contributed by atoms with van der Waals surface area (Å²) < 4.78 is 10.6. The van der Waals surface area contributed by atoms with Gasteiger partial charge in [-0.05, 0) is 31.4 Å². The Balaban J connectivity index is 1.92. The second-order valence-corrected chi connectivity index (χ2v) is 6.77. The molecule has 8 heteroatoms. The SMILES string of the molecule is COC(=O)c1ccccc1N=Cc1c(O)c([N+](=O)[O-])cc2oc3c(c12)CCCC3. The molecule has 1 aliphatic rings. The number of nitro benzene ring substituents is 1. The van der Waals surface area contributed by atoms with Gasteiger partial charge in [0.05, 0.1) is 34.9 Å². The highest BCUT2D eigenvalue weighted by atomic mass is 16.6. The highest BCUT2D eigenvalue weighted by Crippen LogP contribution is 2.41. The van der Waals surface area contributed by atoms with Gasteiger partial charge in [-0.25, -0.2) is 4.79 Å². The van der Waals surface area contributed by atoms with Crippen molar-refractivity contribution in [3.63, 3.8) is 0 Å². The highest BCUT2D eigenvalue weighted by Gasteiger charge is 2.27. The number of aliphatic imine (C=N–C) groups is 1. The van der Waals surface area contributed by atoms with Crippen LogP contribution in [0.3, 0.4) is 0 Å². The van der Waals surface area contributed by atoms with E-state index < -0.39 is 22.3 Å². The molecular formula is C21H18N2O6. The minimum absolute atomic E-state index is 0.209. The van der Waals surface area contributed by atoms with Crippen molar-refractivity contribution in [1.82, 2.24) is 0 Å². The number of hydrogen-bond donors (Lipinski definition) is 1. The van der Waals surface area contributed by atoms with Crippen molar-refractivity contribution in [1.29, 1.82) is 0 Å². The van der Waals surface area contributed by atoms with Crippen LogP contribution in [-0.2, 0) is 17.6 Å². The summed E-state index contributed by atoms with van der Waals surface area (Å²) in [5, 5.41) is 22.7. The molecule has 148 valence electrons. The fourth-order valence-electron chi connectivity index (χ4n) is 3.70. The summed E-state index contributed by atoms with van der Waals surface area (Å²) in [6.45, 7) is 0. The second-order valence-electron chi connectivity index (χ2n) is 6.77. The number of nitro groups is 1. The van der Waals surface area contributed by atoms with Crippen LogP contribution >= 0.6 is 0 Å². The molecule has 8 nitrogen and oxygen atoms in total. The Hall–Kier alpha value is -3.68. The minimum Gasteiger partial charge on any atom is -0.502 e. The molecule has 0 radical (unpaired) electrons. The molecule has 0 atom stereocenters. The molecule has 0 saturated heterocycles. The Labute approximate surface area is 165 Å². The molecule has 0 amide bonds. The van der Waals surface area contributed by atoms with Crippen molar-refractivity contribution in [2.24, 2.45) is 4.99 Å². The van der Waals surface area contributed by atoms with Crippen molar-refractivity contribution >= 4 is 34.5 Å². The van der Waals surface area contributed by atoms with Crippen LogP contribution in [0, 0.1) is 10.1 Å². The monoisotopic (exact) mass is 394 g/mol. The number of ether oxygens (including phenoxy) is 1. The summed E-state index contributed by atoms with van der Waals surface area (Å²) in [5.41, 5.74) is 1.63. The number of nitrogens with zero attached hydrogens (tertiary/aromatic N) is 2. The number of esters is 1. The smallest absolute Gasteiger partial charge is 0.340 e. The number of carbonyl (C=O) groups is 1. The number of carbonyl (C=O) groups excluding carboxylic acids is 1. The maximum atomic E-state index is 12.0. The van der Waals surface area contributed by atoms with Crippen molar-refractivity contribution in [3.8, 4) is 5.75 Å². The third-order valence-electron chi connectivity index (χ3n) is 5.07. The zero-order valence-corrected chi connectivity index (χ0v) is 15.7. The number of aryl methyl sites for hydroxylation is 2. The summed E-state index contributed by atoms with van der Waals surface area (Å²) in [6.07, 6.45) is 4.81. The van der Waals surface area contributed by atoms with Gasteiger partial charge in [-0.2, -0.15) is 0 Å². The summed E-state index contributed by atoms with van der Waals surface area (Å²) in [7, 11) is 1.27. The topological polar surface area (TPSA) is 115 Å². The lowest BCUT2D eigenvalue weighted by Crippen LogP contribution is -2.02. The van der Waals surface area contributed by atoms with E-state index in [1.54, 1.807) is 24.3 Å². The van der Waals surface area contributed by atoms with Crippen LogP contribution < -0.4 is 0 Å². The number of phenols is 1. The first-order valence-corrected chi connectivity index (χ1v) is 9.17. The first kappa shape index (κ1) is 18.7. The number of furan rings is 1. The first-order valence-electron chi connectivity index (χ1n) is 9.17. The van der Waals surface area contributed by atoms with E-state index in [2.05, 4.69) is 4.99 Å². The zero-order valence-electron chi connectivity index (χ0n) is 15.7. The molecule has 0 unspecified atom stereocenters. The molecule has 1 heterocycles. The van der Waals surface area contributed by atoms with E-state index in [1.807, 2.05) is 0 Å². The van der Waals surface area contributed by atoms with E-state index in [-0.39, 0.29) is 11.1 Å². The Kier molecular flexibility index (Phi) is 4.75. The molecule has 4 rings (SSSR count). The van der Waals surface area contributed by atoms with Crippen molar-refractivity contribution in [3.05, 3.63) is 62.9 Å². The fourth-order valence-corrected chi connectivity index (χ4v) is 3.70. The molecule has 2 aromatic carbocycles. The Bertz CT molecular complexity index is 1160. The maximum absolute atomic E-state index is 12.0.